The molecule has 38 heavy (non-hydrogen) atoms. The SMILES string of the molecule is COc1cc2c(cc1OC)NC(=Nc1ncc(-c3ccc(CN(CCCN)CCCN)c(F)c3)c(=O)[nH]1)C2. The summed E-state index contributed by atoms with van der Waals surface area (Å²) in [6, 6.07) is 8.53. The van der Waals surface area contributed by atoms with Crippen LogP contribution in [0.15, 0.2) is 46.3 Å². The van der Waals surface area contributed by atoms with Gasteiger partial charge in [-0.1, -0.05) is 12.1 Å². The van der Waals surface area contributed by atoms with Gasteiger partial charge < -0.3 is 26.3 Å². The first-order valence-corrected chi connectivity index (χ1v) is 12.6. The van der Waals surface area contributed by atoms with Crippen molar-refractivity contribution in [1.82, 2.24) is 14.9 Å². The minimum Gasteiger partial charge on any atom is -0.493 e. The third kappa shape index (κ3) is 6.36. The van der Waals surface area contributed by atoms with Crippen LogP contribution in [0.1, 0.15) is 24.0 Å². The van der Waals surface area contributed by atoms with Crippen molar-refractivity contribution in [2.75, 3.05) is 45.7 Å². The number of nitrogens with zero attached hydrogens (tertiary/aromatic N) is 3. The molecule has 1 aliphatic rings. The number of aromatic amines is 1. The number of nitrogens with one attached hydrogen (secondary N) is 2. The number of rotatable bonds is 12. The fourth-order valence-electron chi connectivity index (χ4n) is 4.39. The van der Waals surface area contributed by atoms with Gasteiger partial charge in [0.15, 0.2) is 11.5 Å². The lowest BCUT2D eigenvalue weighted by molar-refractivity contribution is 0.258. The van der Waals surface area contributed by atoms with Crippen LogP contribution in [0.3, 0.4) is 0 Å². The Kier molecular flexibility index (Phi) is 9.06. The number of methoxy groups -OCH3 is 2. The molecule has 1 aromatic heterocycles. The summed E-state index contributed by atoms with van der Waals surface area (Å²) in [6.45, 7) is 3.14. The molecule has 6 N–H and O–H groups in total. The maximum absolute atomic E-state index is 15.0. The van der Waals surface area contributed by atoms with E-state index in [1.54, 1.807) is 26.4 Å². The molecule has 2 heterocycles. The maximum Gasteiger partial charge on any atom is 0.260 e. The number of fused-ring (bicyclic) bond motifs is 1. The van der Waals surface area contributed by atoms with Crippen LogP contribution in [-0.4, -0.2) is 61.1 Å². The van der Waals surface area contributed by atoms with Crippen LogP contribution in [-0.2, 0) is 13.0 Å². The third-order valence-corrected chi connectivity index (χ3v) is 6.39. The highest BCUT2D eigenvalue weighted by Crippen LogP contribution is 2.36. The van der Waals surface area contributed by atoms with Crippen LogP contribution in [0.5, 0.6) is 11.5 Å². The summed E-state index contributed by atoms with van der Waals surface area (Å²) in [4.78, 5) is 26.4. The summed E-state index contributed by atoms with van der Waals surface area (Å²) in [5.41, 5.74) is 14.0. The van der Waals surface area contributed by atoms with Crippen LogP contribution < -0.4 is 31.8 Å². The molecule has 0 saturated carbocycles. The number of anilines is 1. The third-order valence-electron chi connectivity index (χ3n) is 6.39. The Morgan fingerprint density at radius 3 is 2.42 bits per heavy atom. The molecule has 0 spiro atoms. The van der Waals surface area contributed by atoms with Crippen molar-refractivity contribution in [1.29, 1.82) is 0 Å². The second-order valence-electron chi connectivity index (χ2n) is 9.04. The molecule has 1 aliphatic heterocycles. The number of H-pyrrole nitrogens is 1. The van der Waals surface area contributed by atoms with E-state index in [0.717, 1.165) is 37.2 Å². The highest BCUT2D eigenvalue weighted by molar-refractivity contribution is 6.04. The molecule has 0 bridgehead atoms. The monoisotopic (exact) mass is 523 g/mol. The number of halogens is 1. The molecule has 0 atom stereocenters. The second kappa shape index (κ2) is 12.6. The van der Waals surface area contributed by atoms with E-state index < -0.39 is 5.56 Å². The van der Waals surface area contributed by atoms with Gasteiger partial charge >= 0.3 is 0 Å². The molecule has 4 rings (SSSR count). The Bertz CT molecular complexity index is 1320. The zero-order valence-electron chi connectivity index (χ0n) is 21.7. The predicted octanol–water partition coefficient (Wildman–Crippen LogP) is 2.79. The zero-order chi connectivity index (χ0) is 27.1. The Morgan fingerprint density at radius 2 is 1.79 bits per heavy atom. The van der Waals surface area contributed by atoms with Crippen LogP contribution in [0.25, 0.3) is 11.1 Å². The van der Waals surface area contributed by atoms with Crippen LogP contribution >= 0.6 is 0 Å². The fourth-order valence-corrected chi connectivity index (χ4v) is 4.39. The molecule has 0 radical (unpaired) electrons. The van der Waals surface area contributed by atoms with Crippen molar-refractivity contribution in [2.45, 2.75) is 25.8 Å². The number of benzene rings is 2. The molecule has 11 heteroatoms. The number of hydrogen-bond acceptors (Lipinski definition) is 8. The molecular formula is C27H34FN7O3. The van der Waals surface area contributed by atoms with E-state index in [2.05, 4.69) is 25.2 Å². The van der Waals surface area contributed by atoms with Crippen LogP contribution in [0.4, 0.5) is 16.0 Å². The maximum atomic E-state index is 15.0. The van der Waals surface area contributed by atoms with Crippen molar-refractivity contribution in [2.24, 2.45) is 16.5 Å². The zero-order valence-corrected chi connectivity index (χ0v) is 21.7. The van der Waals surface area contributed by atoms with E-state index >= 15 is 4.39 Å². The van der Waals surface area contributed by atoms with Gasteiger partial charge in [-0.2, -0.15) is 4.99 Å². The summed E-state index contributed by atoms with van der Waals surface area (Å²) < 4.78 is 25.7. The molecule has 0 fully saturated rings. The Balaban J connectivity index is 1.49. The fraction of sp³-hybridized carbons (Fsp3) is 0.370. The van der Waals surface area contributed by atoms with Gasteiger partial charge in [0.25, 0.3) is 5.56 Å². The largest absolute Gasteiger partial charge is 0.493 e. The quantitative estimate of drug-likeness (QED) is 0.284. The standard InChI is InChI=1S/C27H34FN7O3/c1-37-23-12-19-13-25(32-22(19)14-24(23)38-2)33-27-31-15-20(26(36)34-27)17-5-6-18(21(28)11-17)16-35(9-3-7-29)10-4-8-30/h5-6,11-12,14-15H,3-4,7-10,13,16,29-30H2,1-2H3,(H2,31,32,33,34,36). The summed E-state index contributed by atoms with van der Waals surface area (Å²) in [5.74, 6) is 1.63. The number of amidine groups is 1. The molecule has 10 nitrogen and oxygen atoms in total. The summed E-state index contributed by atoms with van der Waals surface area (Å²) in [6.07, 6.45) is 3.58. The van der Waals surface area contributed by atoms with E-state index in [-0.39, 0.29) is 17.3 Å². The molecule has 2 aromatic carbocycles. The van der Waals surface area contributed by atoms with Gasteiger partial charge in [-0.15, -0.1) is 0 Å². The average molecular weight is 524 g/mol. The Morgan fingerprint density at radius 1 is 1.08 bits per heavy atom. The van der Waals surface area contributed by atoms with Gasteiger partial charge in [-0.3, -0.25) is 14.7 Å². The predicted molar refractivity (Wildman–Crippen MR) is 147 cm³/mol. The lowest BCUT2D eigenvalue weighted by atomic mass is 10.1. The molecule has 0 saturated heterocycles. The first-order chi connectivity index (χ1) is 18.4. The van der Waals surface area contributed by atoms with E-state index in [0.29, 0.717) is 54.5 Å². The van der Waals surface area contributed by atoms with Gasteiger partial charge in [0.2, 0.25) is 5.95 Å². The van der Waals surface area contributed by atoms with Gasteiger partial charge in [-0.05, 0) is 62.3 Å². The number of ether oxygens (including phenoxy) is 2. The molecule has 0 amide bonds. The summed E-state index contributed by atoms with van der Waals surface area (Å²) >= 11 is 0. The molecule has 3 aromatic rings. The van der Waals surface area contributed by atoms with E-state index in [1.165, 1.54) is 12.3 Å². The minimum atomic E-state index is -0.405. The Hall–Kier alpha value is -3.80. The van der Waals surface area contributed by atoms with Crippen molar-refractivity contribution in [3.8, 4) is 22.6 Å². The van der Waals surface area contributed by atoms with Gasteiger partial charge in [-0.25, -0.2) is 9.37 Å². The lowest BCUT2D eigenvalue weighted by Crippen LogP contribution is -2.28. The second-order valence-corrected chi connectivity index (χ2v) is 9.04. The van der Waals surface area contributed by atoms with E-state index in [4.69, 9.17) is 20.9 Å². The Labute approximate surface area is 220 Å². The summed E-state index contributed by atoms with van der Waals surface area (Å²) in [7, 11) is 3.16. The van der Waals surface area contributed by atoms with Crippen LogP contribution in [0.2, 0.25) is 0 Å². The summed E-state index contributed by atoms with van der Waals surface area (Å²) in [5, 5.41) is 3.21. The number of hydrogen-bond donors (Lipinski definition) is 4. The smallest absolute Gasteiger partial charge is 0.260 e. The van der Waals surface area contributed by atoms with Crippen molar-refractivity contribution < 1.29 is 13.9 Å². The molecule has 0 aliphatic carbocycles. The number of aromatic nitrogens is 2. The van der Waals surface area contributed by atoms with Gasteiger partial charge in [0.1, 0.15) is 11.7 Å². The van der Waals surface area contributed by atoms with Crippen LogP contribution in [0, 0.1) is 5.82 Å². The number of aliphatic imine (C=N–C) groups is 1. The molecular weight excluding hydrogens is 489 g/mol. The van der Waals surface area contributed by atoms with Gasteiger partial charge in [0.05, 0.1) is 19.8 Å². The number of nitrogens with two attached hydrogens (primary N) is 2. The first kappa shape index (κ1) is 27.2. The highest BCUT2D eigenvalue weighted by Gasteiger charge is 2.20. The van der Waals surface area contributed by atoms with E-state index in [9.17, 15) is 4.79 Å². The average Bonchev–Trinajstić information content (AvgIpc) is 3.31. The molecule has 202 valence electrons. The molecule has 0 unspecified atom stereocenters. The van der Waals surface area contributed by atoms with Crippen molar-refractivity contribution in [3.63, 3.8) is 0 Å². The highest BCUT2D eigenvalue weighted by atomic mass is 19.1. The topological polar surface area (TPSA) is 144 Å². The first-order valence-electron chi connectivity index (χ1n) is 12.6. The van der Waals surface area contributed by atoms with E-state index in [1.807, 2.05) is 12.1 Å². The normalized spacial score (nSPS) is 13.6. The van der Waals surface area contributed by atoms with Crippen molar-refractivity contribution in [3.05, 3.63) is 63.8 Å². The van der Waals surface area contributed by atoms with Crippen molar-refractivity contribution >= 4 is 17.5 Å². The minimum absolute atomic E-state index is 0.153. The lowest BCUT2D eigenvalue weighted by Gasteiger charge is -2.22. The van der Waals surface area contributed by atoms with Gasteiger partial charge in [0, 0.05) is 36.5 Å².